The summed E-state index contributed by atoms with van der Waals surface area (Å²) in [5.41, 5.74) is 1.63. The SMILES string of the molecule is CC(C)N(Cc1ccccn1)C(=O)c1csc(Br)c1. The van der Waals surface area contributed by atoms with Crippen molar-refractivity contribution in [3.05, 3.63) is 50.9 Å². The first-order valence-corrected chi connectivity index (χ1v) is 7.70. The van der Waals surface area contributed by atoms with Crippen LogP contribution in [0.25, 0.3) is 0 Å². The Labute approximate surface area is 125 Å². The van der Waals surface area contributed by atoms with Crippen molar-refractivity contribution in [2.24, 2.45) is 0 Å². The van der Waals surface area contributed by atoms with Crippen molar-refractivity contribution in [1.29, 1.82) is 0 Å². The number of thiophene rings is 1. The number of aromatic nitrogens is 1. The zero-order valence-corrected chi connectivity index (χ0v) is 13.2. The number of hydrogen-bond donors (Lipinski definition) is 0. The molecule has 2 aromatic heterocycles. The molecule has 0 saturated carbocycles. The smallest absolute Gasteiger partial charge is 0.255 e. The molecule has 0 aliphatic carbocycles. The molecule has 2 rings (SSSR count). The van der Waals surface area contributed by atoms with Crippen molar-refractivity contribution in [2.75, 3.05) is 0 Å². The van der Waals surface area contributed by atoms with Gasteiger partial charge in [0.15, 0.2) is 0 Å². The molecule has 0 bridgehead atoms. The van der Waals surface area contributed by atoms with E-state index in [0.29, 0.717) is 6.54 Å². The zero-order chi connectivity index (χ0) is 13.8. The number of pyridine rings is 1. The first-order chi connectivity index (χ1) is 9.08. The molecule has 2 aromatic rings. The minimum Gasteiger partial charge on any atom is -0.330 e. The molecule has 0 aliphatic rings. The van der Waals surface area contributed by atoms with Crippen LogP contribution in [0.2, 0.25) is 0 Å². The van der Waals surface area contributed by atoms with E-state index in [4.69, 9.17) is 0 Å². The van der Waals surface area contributed by atoms with Crippen LogP contribution in [0.4, 0.5) is 0 Å². The van der Waals surface area contributed by atoms with Gasteiger partial charge in [-0.25, -0.2) is 0 Å². The van der Waals surface area contributed by atoms with Crippen molar-refractivity contribution < 1.29 is 4.79 Å². The number of nitrogens with zero attached hydrogens (tertiary/aromatic N) is 2. The highest BCUT2D eigenvalue weighted by Gasteiger charge is 2.20. The summed E-state index contributed by atoms with van der Waals surface area (Å²) in [4.78, 5) is 18.6. The molecule has 5 heteroatoms. The van der Waals surface area contributed by atoms with Gasteiger partial charge < -0.3 is 4.90 Å². The largest absolute Gasteiger partial charge is 0.330 e. The Morgan fingerprint density at radius 3 is 2.79 bits per heavy atom. The van der Waals surface area contributed by atoms with Gasteiger partial charge in [-0.05, 0) is 48.0 Å². The highest BCUT2D eigenvalue weighted by Crippen LogP contribution is 2.23. The maximum Gasteiger partial charge on any atom is 0.255 e. The van der Waals surface area contributed by atoms with Crippen molar-refractivity contribution in [3.8, 4) is 0 Å². The summed E-state index contributed by atoms with van der Waals surface area (Å²) in [5.74, 6) is 0.0441. The Morgan fingerprint density at radius 1 is 1.47 bits per heavy atom. The Bertz CT molecular complexity index is 554. The minimum atomic E-state index is 0.0441. The van der Waals surface area contributed by atoms with Gasteiger partial charge >= 0.3 is 0 Å². The van der Waals surface area contributed by atoms with Crippen LogP contribution in [0.3, 0.4) is 0 Å². The van der Waals surface area contributed by atoms with E-state index in [-0.39, 0.29) is 11.9 Å². The van der Waals surface area contributed by atoms with Crippen LogP contribution >= 0.6 is 27.3 Å². The fourth-order valence-electron chi connectivity index (χ4n) is 1.74. The summed E-state index contributed by atoms with van der Waals surface area (Å²) < 4.78 is 0.970. The van der Waals surface area contributed by atoms with Crippen molar-refractivity contribution in [2.45, 2.75) is 26.4 Å². The molecule has 0 aliphatic heterocycles. The second-order valence-corrected chi connectivity index (χ2v) is 6.78. The lowest BCUT2D eigenvalue weighted by atomic mass is 10.2. The Hall–Kier alpha value is -1.20. The number of halogens is 1. The first kappa shape index (κ1) is 14.2. The molecule has 100 valence electrons. The van der Waals surface area contributed by atoms with Crippen LogP contribution < -0.4 is 0 Å². The molecule has 19 heavy (non-hydrogen) atoms. The molecule has 0 radical (unpaired) electrons. The van der Waals surface area contributed by atoms with Gasteiger partial charge in [0.2, 0.25) is 0 Å². The van der Waals surface area contributed by atoms with Gasteiger partial charge in [-0.3, -0.25) is 9.78 Å². The molecule has 0 N–H and O–H groups in total. The standard InChI is InChI=1S/C14H15BrN2OS/c1-10(2)17(8-12-5-3-4-6-16-12)14(18)11-7-13(15)19-9-11/h3-7,9-10H,8H2,1-2H3. The summed E-state index contributed by atoms with van der Waals surface area (Å²) in [5, 5.41) is 1.88. The van der Waals surface area contributed by atoms with E-state index in [0.717, 1.165) is 15.0 Å². The Kier molecular flexibility index (Phi) is 4.71. The molecule has 0 saturated heterocycles. The van der Waals surface area contributed by atoms with Gasteiger partial charge in [0.05, 0.1) is 21.6 Å². The Balaban J connectivity index is 2.19. The van der Waals surface area contributed by atoms with E-state index >= 15 is 0 Å². The van der Waals surface area contributed by atoms with Crippen LogP contribution in [0, 0.1) is 0 Å². The molecule has 2 heterocycles. The third kappa shape index (κ3) is 3.64. The van der Waals surface area contributed by atoms with Gasteiger partial charge in [-0.2, -0.15) is 0 Å². The van der Waals surface area contributed by atoms with Crippen molar-refractivity contribution in [1.82, 2.24) is 9.88 Å². The maximum absolute atomic E-state index is 12.5. The van der Waals surface area contributed by atoms with Gasteiger partial charge in [0.25, 0.3) is 5.91 Å². The predicted octanol–water partition coefficient (Wildman–Crippen LogP) is 3.96. The maximum atomic E-state index is 12.5. The molecular formula is C14H15BrN2OS. The highest BCUT2D eigenvalue weighted by molar-refractivity contribution is 9.11. The summed E-state index contributed by atoms with van der Waals surface area (Å²) in [7, 11) is 0. The number of carbonyl (C=O) groups excluding carboxylic acids is 1. The van der Waals surface area contributed by atoms with Gasteiger partial charge in [0.1, 0.15) is 0 Å². The molecule has 0 atom stereocenters. The zero-order valence-electron chi connectivity index (χ0n) is 10.8. The second-order valence-electron chi connectivity index (χ2n) is 4.49. The molecule has 0 unspecified atom stereocenters. The monoisotopic (exact) mass is 338 g/mol. The number of rotatable bonds is 4. The quantitative estimate of drug-likeness (QED) is 0.845. The second kappa shape index (κ2) is 6.30. The first-order valence-electron chi connectivity index (χ1n) is 6.03. The minimum absolute atomic E-state index is 0.0441. The van der Waals surface area contributed by atoms with Crippen LogP contribution in [-0.4, -0.2) is 21.8 Å². The fraction of sp³-hybridized carbons (Fsp3) is 0.286. The number of carbonyl (C=O) groups is 1. The lowest BCUT2D eigenvalue weighted by molar-refractivity contribution is 0.0688. The van der Waals surface area contributed by atoms with Crippen LogP contribution in [0.5, 0.6) is 0 Å². The number of hydrogen-bond acceptors (Lipinski definition) is 3. The normalized spacial score (nSPS) is 10.7. The summed E-state index contributed by atoms with van der Waals surface area (Å²) in [6.07, 6.45) is 1.75. The average molecular weight is 339 g/mol. The molecule has 0 aromatic carbocycles. The molecular weight excluding hydrogens is 324 g/mol. The van der Waals surface area contributed by atoms with Gasteiger partial charge in [0, 0.05) is 17.6 Å². The summed E-state index contributed by atoms with van der Waals surface area (Å²) >= 11 is 4.91. The van der Waals surface area contributed by atoms with Crippen LogP contribution in [-0.2, 0) is 6.54 Å². The van der Waals surface area contributed by atoms with E-state index in [1.165, 1.54) is 11.3 Å². The predicted molar refractivity (Wildman–Crippen MR) is 81.3 cm³/mol. The number of amides is 1. The molecule has 0 fully saturated rings. The average Bonchev–Trinajstić information content (AvgIpc) is 2.83. The Morgan fingerprint density at radius 2 is 2.26 bits per heavy atom. The van der Waals surface area contributed by atoms with Crippen molar-refractivity contribution in [3.63, 3.8) is 0 Å². The topological polar surface area (TPSA) is 33.2 Å². The van der Waals surface area contributed by atoms with Crippen molar-refractivity contribution >= 4 is 33.2 Å². The van der Waals surface area contributed by atoms with E-state index in [9.17, 15) is 4.79 Å². The molecule has 1 amide bonds. The summed E-state index contributed by atoms with van der Waals surface area (Å²) in [6.45, 7) is 4.56. The lowest BCUT2D eigenvalue weighted by Gasteiger charge is -2.26. The van der Waals surface area contributed by atoms with Crippen LogP contribution in [0.1, 0.15) is 29.9 Å². The highest BCUT2D eigenvalue weighted by atomic mass is 79.9. The fourth-order valence-corrected chi connectivity index (χ4v) is 2.87. The van der Waals surface area contributed by atoms with E-state index < -0.39 is 0 Å². The van der Waals surface area contributed by atoms with Gasteiger partial charge in [-0.1, -0.05) is 6.07 Å². The summed E-state index contributed by atoms with van der Waals surface area (Å²) in [6, 6.07) is 7.74. The van der Waals surface area contributed by atoms with E-state index in [1.807, 2.05) is 48.4 Å². The van der Waals surface area contributed by atoms with E-state index in [1.54, 1.807) is 6.20 Å². The van der Waals surface area contributed by atoms with Crippen LogP contribution in [0.15, 0.2) is 39.6 Å². The lowest BCUT2D eigenvalue weighted by Crippen LogP contribution is -2.36. The third-order valence-electron chi connectivity index (χ3n) is 2.76. The molecule has 3 nitrogen and oxygen atoms in total. The van der Waals surface area contributed by atoms with E-state index in [2.05, 4.69) is 20.9 Å². The third-order valence-corrected chi connectivity index (χ3v) is 4.26. The molecule has 0 spiro atoms. The van der Waals surface area contributed by atoms with Gasteiger partial charge in [-0.15, -0.1) is 11.3 Å².